The van der Waals surface area contributed by atoms with Crippen LogP contribution in [0.4, 0.5) is 0 Å². The van der Waals surface area contributed by atoms with Crippen LogP contribution in [0.1, 0.15) is 0 Å². The van der Waals surface area contributed by atoms with Crippen LogP contribution in [0, 0.1) is 0 Å². The van der Waals surface area contributed by atoms with E-state index in [0.29, 0.717) is 11.6 Å². The maximum Gasteiger partial charge on any atom is 0.137 e. The van der Waals surface area contributed by atoms with E-state index in [9.17, 15) is 0 Å². The van der Waals surface area contributed by atoms with Gasteiger partial charge in [0.1, 0.15) is 5.75 Å². The van der Waals surface area contributed by atoms with Gasteiger partial charge in [0.2, 0.25) is 0 Å². The third-order valence-corrected chi connectivity index (χ3v) is 2.27. The van der Waals surface area contributed by atoms with Crippen molar-refractivity contribution in [2.45, 2.75) is 0 Å². The molecule has 0 saturated carbocycles. The molecule has 0 amide bonds. The molecule has 0 aromatic heterocycles. The second-order valence-electron chi connectivity index (χ2n) is 2.27. The molecule has 66 valence electrons. The van der Waals surface area contributed by atoms with Gasteiger partial charge < -0.3 is 4.74 Å². The summed E-state index contributed by atoms with van der Waals surface area (Å²) in [4.78, 5) is 0. The monoisotopic (exact) mass is 202 g/mol. The fraction of sp³-hybridized carbons (Fsp3) is 0.333. The van der Waals surface area contributed by atoms with Crippen molar-refractivity contribution < 1.29 is 4.74 Å². The van der Waals surface area contributed by atoms with Crippen LogP contribution in [-0.2, 0) is 0 Å². The summed E-state index contributed by atoms with van der Waals surface area (Å²) in [5.74, 6) is 1.76. The third-order valence-electron chi connectivity index (χ3n) is 1.38. The first-order chi connectivity index (χ1) is 5.84. The molecule has 12 heavy (non-hydrogen) atoms. The van der Waals surface area contributed by atoms with Crippen LogP contribution in [0.3, 0.4) is 0 Å². The second kappa shape index (κ2) is 5.33. The molecule has 1 aromatic rings. The Labute approximate surface area is 82.1 Å². The van der Waals surface area contributed by atoms with Gasteiger partial charge in [-0.15, -0.1) is 0 Å². The predicted molar refractivity (Wildman–Crippen MR) is 55.3 cm³/mol. The minimum absolute atomic E-state index is 0.679. The molecule has 0 heterocycles. The Morgan fingerprint density at radius 1 is 1.42 bits per heavy atom. The van der Waals surface area contributed by atoms with Crippen molar-refractivity contribution in [1.82, 2.24) is 0 Å². The number of hydrogen-bond acceptors (Lipinski definition) is 2. The number of ether oxygens (including phenoxy) is 1. The average Bonchev–Trinajstić information content (AvgIpc) is 2.09. The maximum absolute atomic E-state index is 5.87. The summed E-state index contributed by atoms with van der Waals surface area (Å²) in [5, 5.41) is 0.679. The molecule has 0 atom stereocenters. The highest BCUT2D eigenvalue weighted by atomic mass is 35.5. The van der Waals surface area contributed by atoms with Gasteiger partial charge in [-0.1, -0.05) is 23.7 Å². The third kappa shape index (κ3) is 2.95. The summed E-state index contributed by atoms with van der Waals surface area (Å²) in [6.45, 7) is 0.713. The SMILES string of the molecule is CSCCOc1ccccc1Cl. The fourth-order valence-corrected chi connectivity index (χ4v) is 1.24. The zero-order chi connectivity index (χ0) is 8.81. The van der Waals surface area contributed by atoms with Gasteiger partial charge in [-0.05, 0) is 18.4 Å². The van der Waals surface area contributed by atoms with Gasteiger partial charge >= 0.3 is 0 Å². The van der Waals surface area contributed by atoms with E-state index < -0.39 is 0 Å². The zero-order valence-electron chi connectivity index (χ0n) is 6.92. The molecule has 0 spiro atoms. The number of para-hydroxylation sites is 1. The number of rotatable bonds is 4. The van der Waals surface area contributed by atoms with Crippen LogP contribution >= 0.6 is 23.4 Å². The van der Waals surface area contributed by atoms with Gasteiger partial charge in [-0.2, -0.15) is 11.8 Å². The summed E-state index contributed by atoms with van der Waals surface area (Å²) < 4.78 is 5.42. The molecule has 0 saturated heterocycles. The number of hydrogen-bond donors (Lipinski definition) is 0. The number of halogens is 1. The molecule has 3 heteroatoms. The molecule has 0 unspecified atom stereocenters. The predicted octanol–water partition coefficient (Wildman–Crippen LogP) is 3.08. The van der Waals surface area contributed by atoms with Crippen molar-refractivity contribution >= 4 is 23.4 Å². The van der Waals surface area contributed by atoms with Crippen molar-refractivity contribution in [3.8, 4) is 5.75 Å². The summed E-state index contributed by atoms with van der Waals surface area (Å²) in [5.41, 5.74) is 0. The maximum atomic E-state index is 5.87. The van der Waals surface area contributed by atoms with E-state index in [4.69, 9.17) is 16.3 Å². The van der Waals surface area contributed by atoms with Gasteiger partial charge in [0.05, 0.1) is 11.6 Å². The van der Waals surface area contributed by atoms with E-state index in [2.05, 4.69) is 6.26 Å². The lowest BCUT2D eigenvalue weighted by molar-refractivity contribution is 0.344. The fourth-order valence-electron chi connectivity index (χ4n) is 0.797. The first kappa shape index (κ1) is 9.75. The Hall–Kier alpha value is -0.340. The molecule has 0 aliphatic rings. The molecule has 0 fully saturated rings. The highest BCUT2D eigenvalue weighted by Crippen LogP contribution is 2.22. The standard InChI is InChI=1S/C9H11ClOS/c1-12-7-6-11-9-5-3-2-4-8(9)10/h2-5H,6-7H2,1H3. The van der Waals surface area contributed by atoms with Crippen molar-refractivity contribution in [2.24, 2.45) is 0 Å². The van der Waals surface area contributed by atoms with Crippen molar-refractivity contribution in [3.63, 3.8) is 0 Å². The average molecular weight is 203 g/mol. The molecule has 0 aliphatic carbocycles. The van der Waals surface area contributed by atoms with Gasteiger partial charge in [0.15, 0.2) is 0 Å². The van der Waals surface area contributed by atoms with Gasteiger partial charge in [-0.25, -0.2) is 0 Å². The highest BCUT2D eigenvalue weighted by Gasteiger charge is 1.97. The Morgan fingerprint density at radius 2 is 2.17 bits per heavy atom. The number of thioether (sulfide) groups is 1. The van der Waals surface area contributed by atoms with Crippen molar-refractivity contribution in [3.05, 3.63) is 29.3 Å². The van der Waals surface area contributed by atoms with E-state index in [0.717, 1.165) is 11.5 Å². The molecule has 0 N–H and O–H groups in total. The molecule has 0 bridgehead atoms. The van der Waals surface area contributed by atoms with E-state index in [1.54, 1.807) is 11.8 Å². The molecule has 0 radical (unpaired) electrons. The summed E-state index contributed by atoms with van der Waals surface area (Å²) in [7, 11) is 0. The first-order valence-corrected chi connectivity index (χ1v) is 5.48. The lowest BCUT2D eigenvalue weighted by Gasteiger charge is -2.05. The Morgan fingerprint density at radius 3 is 2.83 bits per heavy atom. The summed E-state index contributed by atoms with van der Waals surface area (Å²) >= 11 is 7.63. The Balaban J connectivity index is 2.46. The molecule has 1 nitrogen and oxygen atoms in total. The lowest BCUT2D eigenvalue weighted by Crippen LogP contribution is -1.99. The largest absolute Gasteiger partial charge is 0.491 e. The van der Waals surface area contributed by atoms with Crippen molar-refractivity contribution in [2.75, 3.05) is 18.6 Å². The van der Waals surface area contributed by atoms with E-state index in [1.807, 2.05) is 24.3 Å². The summed E-state index contributed by atoms with van der Waals surface area (Å²) in [6.07, 6.45) is 2.05. The van der Waals surface area contributed by atoms with Crippen LogP contribution in [-0.4, -0.2) is 18.6 Å². The minimum atomic E-state index is 0.679. The molecular weight excluding hydrogens is 192 g/mol. The molecule has 1 aromatic carbocycles. The molecule has 1 rings (SSSR count). The Bertz CT molecular complexity index is 240. The Kier molecular flexibility index (Phi) is 4.33. The molecular formula is C9H11ClOS. The van der Waals surface area contributed by atoms with Crippen LogP contribution in [0.2, 0.25) is 5.02 Å². The zero-order valence-corrected chi connectivity index (χ0v) is 8.49. The van der Waals surface area contributed by atoms with Crippen LogP contribution < -0.4 is 4.74 Å². The lowest BCUT2D eigenvalue weighted by atomic mass is 10.3. The van der Waals surface area contributed by atoms with E-state index >= 15 is 0 Å². The van der Waals surface area contributed by atoms with Crippen LogP contribution in [0.25, 0.3) is 0 Å². The van der Waals surface area contributed by atoms with Crippen LogP contribution in [0.15, 0.2) is 24.3 Å². The van der Waals surface area contributed by atoms with Gasteiger partial charge in [0.25, 0.3) is 0 Å². The molecule has 0 aliphatic heterocycles. The highest BCUT2D eigenvalue weighted by molar-refractivity contribution is 7.98. The van der Waals surface area contributed by atoms with Gasteiger partial charge in [0, 0.05) is 5.75 Å². The van der Waals surface area contributed by atoms with Gasteiger partial charge in [-0.3, -0.25) is 0 Å². The van der Waals surface area contributed by atoms with Crippen LogP contribution in [0.5, 0.6) is 5.75 Å². The minimum Gasteiger partial charge on any atom is -0.491 e. The quantitative estimate of drug-likeness (QED) is 0.694. The van der Waals surface area contributed by atoms with E-state index in [-0.39, 0.29) is 0 Å². The second-order valence-corrected chi connectivity index (χ2v) is 3.66. The summed E-state index contributed by atoms with van der Waals surface area (Å²) in [6, 6.07) is 7.52. The van der Waals surface area contributed by atoms with Crippen molar-refractivity contribution in [1.29, 1.82) is 0 Å². The number of benzene rings is 1. The normalized spacial score (nSPS) is 9.83. The topological polar surface area (TPSA) is 9.23 Å². The smallest absolute Gasteiger partial charge is 0.137 e. The first-order valence-electron chi connectivity index (χ1n) is 3.71. The van der Waals surface area contributed by atoms with E-state index in [1.165, 1.54) is 0 Å².